The van der Waals surface area contributed by atoms with Crippen molar-refractivity contribution in [3.63, 3.8) is 0 Å². The third kappa shape index (κ3) is 3.11. The number of anilines is 1. The Labute approximate surface area is 169 Å². The van der Waals surface area contributed by atoms with Gasteiger partial charge in [-0.3, -0.25) is 4.79 Å². The second-order valence-electron chi connectivity index (χ2n) is 5.78. The minimum Gasteiger partial charge on any atom is -0.477 e. The number of nitrogens with zero attached hydrogens (tertiary/aromatic N) is 2. The summed E-state index contributed by atoms with van der Waals surface area (Å²) in [5.74, 6) is -3.71. The molecule has 1 aliphatic rings. The first-order valence-electron chi connectivity index (χ1n) is 11.9. The van der Waals surface area contributed by atoms with Gasteiger partial charge in [0.1, 0.15) is 17.2 Å². The van der Waals surface area contributed by atoms with Crippen LogP contribution < -0.4 is 15.6 Å². The molecule has 2 N–H and O–H groups in total. The molecule has 0 spiro atoms. The number of hydrogen-bond donors (Lipinski definition) is 2. The van der Waals surface area contributed by atoms with E-state index in [0.717, 1.165) is 29.0 Å². The molecular weight excluding hydrogens is 368 g/mol. The second-order valence-corrected chi connectivity index (χ2v) is 5.78. The number of hydrogen-bond acceptors (Lipinski definition) is 4. The van der Waals surface area contributed by atoms with Gasteiger partial charge < -0.3 is 19.9 Å². The van der Waals surface area contributed by atoms with Gasteiger partial charge in [-0.1, -0.05) is 0 Å². The number of pyridine rings is 1. The van der Waals surface area contributed by atoms with E-state index in [2.05, 4.69) is 0 Å². The highest BCUT2D eigenvalue weighted by Crippen LogP contribution is 2.27. The van der Waals surface area contributed by atoms with Crippen LogP contribution in [0.1, 0.15) is 21.3 Å². The van der Waals surface area contributed by atoms with E-state index in [0.29, 0.717) is 6.07 Å². The average molecular weight is 393 g/mol. The standard InChI is InChI=1S/C20H17F2N3O3/c21-12-1-3-13(4-2-12)25-11-15(20(27)28)19(26)14-9-16(22)18(10-17(14)25)24-7-5-23-6-8-24/h1-4,9-11,23H,5-8H2,(H,27,28)/i5D2,6D2,7D2,8D2. The van der Waals surface area contributed by atoms with E-state index >= 15 is 4.39 Å². The zero-order valence-electron chi connectivity index (χ0n) is 22.0. The molecule has 2 heterocycles. The summed E-state index contributed by atoms with van der Waals surface area (Å²) in [7, 11) is 0. The second kappa shape index (κ2) is 7.05. The first-order valence-corrected chi connectivity index (χ1v) is 7.90. The van der Waals surface area contributed by atoms with Gasteiger partial charge in [0, 0.05) is 48.7 Å². The number of rotatable bonds is 3. The lowest BCUT2D eigenvalue weighted by molar-refractivity contribution is 0.0695. The van der Waals surface area contributed by atoms with E-state index in [1.807, 2.05) is 0 Å². The van der Waals surface area contributed by atoms with Crippen LogP contribution >= 0.6 is 0 Å². The smallest absolute Gasteiger partial charge is 0.341 e. The predicted molar refractivity (Wildman–Crippen MR) is 102 cm³/mol. The van der Waals surface area contributed by atoms with Crippen LogP contribution in [0.15, 0.2) is 47.4 Å². The Morgan fingerprint density at radius 3 is 2.46 bits per heavy atom. The summed E-state index contributed by atoms with van der Waals surface area (Å²) in [6.45, 7) is -13.2. The minimum absolute atomic E-state index is 0.0319. The lowest BCUT2D eigenvalue weighted by Gasteiger charge is -2.30. The first-order chi connectivity index (χ1) is 16.4. The van der Waals surface area contributed by atoms with Crippen molar-refractivity contribution in [2.45, 2.75) is 0 Å². The number of fused-ring (bicyclic) bond motifs is 1. The van der Waals surface area contributed by atoms with E-state index < -0.39 is 65.7 Å². The Morgan fingerprint density at radius 1 is 1.14 bits per heavy atom. The molecule has 28 heavy (non-hydrogen) atoms. The van der Waals surface area contributed by atoms with Crippen molar-refractivity contribution in [3.05, 3.63) is 70.0 Å². The van der Waals surface area contributed by atoms with Gasteiger partial charge in [-0.25, -0.2) is 13.6 Å². The van der Waals surface area contributed by atoms with Crippen LogP contribution in [0.4, 0.5) is 14.5 Å². The molecule has 8 heteroatoms. The van der Waals surface area contributed by atoms with Gasteiger partial charge in [-0.2, -0.15) is 0 Å². The SMILES string of the molecule is [2H]C1([2H])NC([2H])([2H])C([2H])([2H])N(c2cc3c(cc2F)c(=O)c(C(=O)O)cn3-c2ccc(F)cc2)C1([2H])[2H]. The van der Waals surface area contributed by atoms with Crippen molar-refractivity contribution in [2.75, 3.05) is 30.9 Å². The molecular formula is C20H17F2N3O3. The summed E-state index contributed by atoms with van der Waals surface area (Å²) in [5.41, 5.74) is -2.96. The molecule has 144 valence electrons. The monoisotopic (exact) mass is 393 g/mol. The normalized spacial score (nSPS) is 25.9. The zero-order chi connectivity index (χ0) is 27.0. The van der Waals surface area contributed by atoms with E-state index in [-0.39, 0.29) is 16.1 Å². The van der Waals surface area contributed by atoms with Crippen molar-refractivity contribution < 1.29 is 29.6 Å². The van der Waals surface area contributed by atoms with Crippen molar-refractivity contribution in [1.82, 2.24) is 9.88 Å². The maximum absolute atomic E-state index is 15.4. The fourth-order valence-electron chi connectivity index (χ4n) is 2.82. The Balaban J connectivity index is 2.11. The molecule has 2 aromatic carbocycles. The fraction of sp³-hybridized carbons (Fsp3) is 0.200. The van der Waals surface area contributed by atoms with Crippen LogP contribution in [0.3, 0.4) is 0 Å². The molecule has 1 saturated heterocycles. The number of halogens is 2. The minimum atomic E-state index is -3.36. The summed E-state index contributed by atoms with van der Waals surface area (Å²) in [6, 6.07) is 5.82. The van der Waals surface area contributed by atoms with Crippen molar-refractivity contribution >= 4 is 22.6 Å². The average Bonchev–Trinajstić information content (AvgIpc) is 2.73. The molecule has 0 saturated carbocycles. The summed E-state index contributed by atoms with van der Waals surface area (Å²) in [6.07, 6.45) is 0.876. The molecule has 6 nitrogen and oxygen atoms in total. The van der Waals surface area contributed by atoms with Gasteiger partial charge in [0.25, 0.3) is 0 Å². The van der Waals surface area contributed by atoms with Crippen LogP contribution in [0.5, 0.6) is 0 Å². The summed E-state index contributed by atoms with van der Waals surface area (Å²) < 4.78 is 94.6. The maximum Gasteiger partial charge on any atom is 0.341 e. The largest absolute Gasteiger partial charge is 0.477 e. The third-order valence-corrected chi connectivity index (χ3v) is 4.11. The van der Waals surface area contributed by atoms with Gasteiger partial charge in [0.15, 0.2) is 0 Å². The van der Waals surface area contributed by atoms with E-state index in [9.17, 15) is 19.1 Å². The molecule has 0 radical (unpaired) electrons. The van der Waals surface area contributed by atoms with Crippen molar-refractivity contribution in [1.29, 1.82) is 0 Å². The molecule has 3 aromatic rings. The Morgan fingerprint density at radius 2 is 1.82 bits per heavy atom. The van der Waals surface area contributed by atoms with E-state index in [1.165, 1.54) is 12.1 Å². The number of aromatic carboxylic acids is 1. The molecule has 1 fully saturated rings. The first kappa shape index (κ1) is 10.9. The van der Waals surface area contributed by atoms with Crippen molar-refractivity contribution in [2.24, 2.45) is 0 Å². The lowest BCUT2D eigenvalue weighted by atomic mass is 10.1. The fourth-order valence-corrected chi connectivity index (χ4v) is 2.82. The highest BCUT2D eigenvalue weighted by atomic mass is 19.1. The number of carboxylic acids is 1. The van der Waals surface area contributed by atoms with Crippen LogP contribution in [0, 0.1) is 11.6 Å². The summed E-state index contributed by atoms with van der Waals surface area (Å²) in [4.78, 5) is 24.4. The van der Waals surface area contributed by atoms with E-state index in [1.54, 1.807) is 5.32 Å². The van der Waals surface area contributed by atoms with Crippen LogP contribution in [0.25, 0.3) is 16.6 Å². The van der Waals surface area contributed by atoms with Crippen LogP contribution in [-0.4, -0.2) is 41.6 Å². The highest BCUT2D eigenvalue weighted by molar-refractivity contribution is 5.94. The van der Waals surface area contributed by atoms with Crippen molar-refractivity contribution in [3.8, 4) is 5.69 Å². The molecule has 0 atom stereocenters. The van der Waals surface area contributed by atoms with E-state index in [4.69, 9.17) is 11.0 Å². The third-order valence-electron chi connectivity index (χ3n) is 4.11. The number of aromatic nitrogens is 1. The number of piperazine rings is 1. The van der Waals surface area contributed by atoms with Gasteiger partial charge in [0.2, 0.25) is 5.43 Å². The molecule has 0 amide bonds. The molecule has 1 aliphatic heterocycles. The summed E-state index contributed by atoms with van der Waals surface area (Å²) >= 11 is 0. The van der Waals surface area contributed by atoms with Gasteiger partial charge in [0.05, 0.1) is 16.7 Å². The maximum atomic E-state index is 15.4. The lowest BCUT2D eigenvalue weighted by Crippen LogP contribution is -2.43. The number of carbonyl (C=O) groups is 1. The molecule has 0 bridgehead atoms. The molecule has 4 rings (SSSR count). The molecule has 0 aliphatic carbocycles. The van der Waals surface area contributed by atoms with Crippen LogP contribution in [-0.2, 0) is 0 Å². The van der Waals surface area contributed by atoms with Crippen LogP contribution in [0.2, 0.25) is 0 Å². The summed E-state index contributed by atoms with van der Waals surface area (Å²) in [5, 5.41) is 10.6. The number of carboxylic acid groups (broad SMARTS) is 1. The van der Waals surface area contributed by atoms with Gasteiger partial charge in [-0.05, 0) is 36.4 Å². The topological polar surface area (TPSA) is 74.6 Å². The Hall–Kier alpha value is -3.26. The zero-order valence-corrected chi connectivity index (χ0v) is 14.0. The predicted octanol–water partition coefficient (Wildman–Crippen LogP) is 2.38. The number of nitrogens with one attached hydrogen (secondary N) is 1. The quantitative estimate of drug-likeness (QED) is 0.715. The molecule has 1 aromatic heterocycles. The number of benzene rings is 2. The highest BCUT2D eigenvalue weighted by Gasteiger charge is 2.20. The van der Waals surface area contributed by atoms with Gasteiger partial charge in [-0.15, -0.1) is 0 Å². The molecule has 0 unspecified atom stereocenters. The Kier molecular flexibility index (Phi) is 2.75. The Bertz CT molecular complexity index is 1440. The van der Waals surface area contributed by atoms with Gasteiger partial charge >= 0.3 is 5.97 Å².